The summed E-state index contributed by atoms with van der Waals surface area (Å²) in [7, 11) is 0. The normalized spacial score (nSPS) is 14.3. The number of fused-ring (bicyclic) bond motifs is 2. The maximum absolute atomic E-state index is 12.7. The number of nitrogens with one attached hydrogen (secondary N) is 3. The predicted octanol–water partition coefficient (Wildman–Crippen LogP) is 7.34. The molecule has 0 bridgehead atoms. The fourth-order valence-corrected chi connectivity index (χ4v) is 5.75. The van der Waals surface area contributed by atoms with Crippen LogP contribution in [0.4, 0.5) is 5.69 Å². The molecule has 39 heavy (non-hydrogen) atoms. The Morgan fingerprint density at radius 3 is 2.77 bits per heavy atom. The van der Waals surface area contributed by atoms with Crippen LogP contribution in [-0.4, -0.2) is 31.1 Å². The number of H-pyrrole nitrogens is 2. The number of aromatic nitrogens is 5. The number of pyridine rings is 2. The van der Waals surface area contributed by atoms with Crippen molar-refractivity contribution in [1.82, 2.24) is 25.1 Å². The topological polar surface area (TPSA) is 112 Å². The molecular weight excluding hydrogens is 488 g/mol. The smallest absolute Gasteiger partial charge is 0.224 e. The number of amides is 1. The molecule has 1 aromatic carbocycles. The van der Waals surface area contributed by atoms with E-state index in [-0.39, 0.29) is 5.91 Å². The first-order valence-electron chi connectivity index (χ1n) is 13.5. The van der Waals surface area contributed by atoms with Crippen molar-refractivity contribution in [3.8, 4) is 33.6 Å². The molecule has 1 aliphatic rings. The molecule has 194 valence electrons. The van der Waals surface area contributed by atoms with Crippen molar-refractivity contribution >= 4 is 33.5 Å². The summed E-state index contributed by atoms with van der Waals surface area (Å²) in [5.74, 6) is 0.558. The molecule has 0 atom stereocenters. The third kappa shape index (κ3) is 4.58. The van der Waals surface area contributed by atoms with E-state index >= 15 is 0 Å². The van der Waals surface area contributed by atoms with Crippen molar-refractivity contribution in [1.29, 1.82) is 0 Å². The first kappa shape index (κ1) is 23.4. The zero-order chi connectivity index (χ0) is 26.2. The Balaban J connectivity index is 1.19. The first-order chi connectivity index (χ1) is 19.2. The van der Waals surface area contributed by atoms with Crippen molar-refractivity contribution in [2.45, 2.75) is 38.5 Å². The zero-order valence-corrected chi connectivity index (χ0v) is 21.4. The third-order valence-electron chi connectivity index (χ3n) is 7.74. The number of rotatable bonds is 6. The van der Waals surface area contributed by atoms with Crippen LogP contribution < -0.4 is 5.32 Å². The quantitative estimate of drug-likeness (QED) is 0.214. The molecule has 0 aliphatic heterocycles. The molecule has 1 aliphatic carbocycles. The predicted molar refractivity (Wildman–Crippen MR) is 152 cm³/mol. The van der Waals surface area contributed by atoms with Crippen LogP contribution in [0.1, 0.15) is 38.5 Å². The fraction of sp³-hybridized carbons (Fsp3) is 0.226. The Morgan fingerprint density at radius 1 is 0.974 bits per heavy atom. The fourth-order valence-electron chi connectivity index (χ4n) is 5.75. The van der Waals surface area contributed by atoms with Gasteiger partial charge in [-0.3, -0.25) is 14.9 Å². The van der Waals surface area contributed by atoms with Gasteiger partial charge in [-0.25, -0.2) is 4.98 Å². The van der Waals surface area contributed by atoms with Gasteiger partial charge in [0.2, 0.25) is 5.91 Å². The SMILES string of the molecule is O=C(CC1CCCCC1)Nc1cncc(-c2ccc3[nH]nc(-c4cc5c(-c6ccoc6)ccnc5[nH]4)c3c2)c1. The number of carbonyl (C=O) groups is 1. The minimum Gasteiger partial charge on any atom is -0.472 e. The molecular formula is C31H28N6O2. The highest BCUT2D eigenvalue weighted by atomic mass is 16.3. The minimum atomic E-state index is 0.0654. The van der Waals surface area contributed by atoms with E-state index in [9.17, 15) is 4.79 Å². The molecule has 5 aromatic heterocycles. The van der Waals surface area contributed by atoms with Crippen molar-refractivity contribution in [2.75, 3.05) is 5.32 Å². The summed E-state index contributed by atoms with van der Waals surface area (Å²) in [5.41, 5.74) is 8.10. The molecule has 1 amide bonds. The largest absolute Gasteiger partial charge is 0.472 e. The maximum Gasteiger partial charge on any atom is 0.224 e. The van der Waals surface area contributed by atoms with Crippen molar-refractivity contribution in [3.63, 3.8) is 0 Å². The molecule has 8 heteroatoms. The molecule has 1 fully saturated rings. The van der Waals surface area contributed by atoms with E-state index in [1.165, 1.54) is 19.3 Å². The molecule has 0 radical (unpaired) electrons. The lowest BCUT2D eigenvalue weighted by Gasteiger charge is -2.20. The second-order valence-electron chi connectivity index (χ2n) is 10.4. The summed E-state index contributed by atoms with van der Waals surface area (Å²) in [4.78, 5) is 25.1. The van der Waals surface area contributed by atoms with Gasteiger partial charge >= 0.3 is 0 Å². The number of aromatic amines is 2. The van der Waals surface area contributed by atoms with Crippen LogP contribution in [0.25, 0.3) is 55.6 Å². The number of benzene rings is 1. The van der Waals surface area contributed by atoms with Gasteiger partial charge in [0.05, 0.1) is 35.6 Å². The van der Waals surface area contributed by atoms with Gasteiger partial charge in [0.1, 0.15) is 11.3 Å². The Kier molecular flexibility index (Phi) is 5.92. The van der Waals surface area contributed by atoms with Crippen LogP contribution in [0.3, 0.4) is 0 Å². The van der Waals surface area contributed by atoms with Crippen molar-refractivity contribution in [2.24, 2.45) is 5.92 Å². The molecule has 0 spiro atoms. The average molecular weight is 517 g/mol. The lowest BCUT2D eigenvalue weighted by molar-refractivity contribution is -0.117. The monoisotopic (exact) mass is 516 g/mol. The molecule has 5 heterocycles. The van der Waals surface area contributed by atoms with Crippen molar-refractivity contribution < 1.29 is 9.21 Å². The van der Waals surface area contributed by atoms with Crippen LogP contribution in [-0.2, 0) is 4.79 Å². The van der Waals surface area contributed by atoms with Crippen LogP contribution in [0.5, 0.6) is 0 Å². The maximum atomic E-state index is 12.7. The lowest BCUT2D eigenvalue weighted by Crippen LogP contribution is -2.18. The van der Waals surface area contributed by atoms with Gasteiger partial charge in [-0.2, -0.15) is 5.10 Å². The first-order valence-corrected chi connectivity index (χ1v) is 13.5. The van der Waals surface area contributed by atoms with E-state index in [1.807, 2.05) is 36.5 Å². The number of furan rings is 1. The number of carbonyl (C=O) groups excluding carboxylic acids is 1. The summed E-state index contributed by atoms with van der Waals surface area (Å²) in [5, 5.41) is 12.8. The standard InChI is InChI=1S/C31H28N6O2/c38-29(12-19-4-2-1-3-5-19)34-23-13-22(16-32-17-23)20-6-7-27-26(14-20)30(37-36-27)28-15-25-24(21-9-11-39-18-21)8-10-33-31(25)35-28/h6-11,13-19H,1-5,12H2,(H,33,35)(H,34,38)(H,36,37). The Hall–Kier alpha value is -4.72. The molecule has 0 saturated heterocycles. The third-order valence-corrected chi connectivity index (χ3v) is 7.74. The number of hydrogen-bond donors (Lipinski definition) is 3. The van der Waals surface area contributed by atoms with Gasteiger partial charge < -0.3 is 14.7 Å². The molecule has 8 nitrogen and oxygen atoms in total. The van der Waals surface area contributed by atoms with E-state index < -0.39 is 0 Å². The van der Waals surface area contributed by atoms with E-state index in [0.29, 0.717) is 18.0 Å². The van der Waals surface area contributed by atoms with Crippen LogP contribution in [0, 0.1) is 5.92 Å². The van der Waals surface area contributed by atoms with E-state index in [4.69, 9.17) is 4.42 Å². The molecule has 0 unspecified atom stereocenters. The second-order valence-corrected chi connectivity index (χ2v) is 10.4. The Labute approximate surface area is 224 Å². The Morgan fingerprint density at radius 2 is 1.90 bits per heavy atom. The van der Waals surface area contributed by atoms with Crippen LogP contribution in [0.2, 0.25) is 0 Å². The summed E-state index contributed by atoms with van der Waals surface area (Å²) in [6.07, 6.45) is 15.4. The van der Waals surface area contributed by atoms with Gasteiger partial charge in [0.25, 0.3) is 0 Å². The minimum absolute atomic E-state index is 0.0654. The second kappa shape index (κ2) is 9.87. The van der Waals surface area contributed by atoms with Crippen molar-refractivity contribution in [3.05, 3.63) is 73.6 Å². The van der Waals surface area contributed by atoms with Crippen LogP contribution in [0.15, 0.2) is 78.0 Å². The van der Waals surface area contributed by atoms with E-state index in [1.54, 1.807) is 24.9 Å². The van der Waals surface area contributed by atoms with Gasteiger partial charge in [-0.15, -0.1) is 0 Å². The molecule has 3 N–H and O–H groups in total. The van der Waals surface area contributed by atoms with Gasteiger partial charge in [0.15, 0.2) is 0 Å². The highest BCUT2D eigenvalue weighted by Gasteiger charge is 2.18. The number of anilines is 1. The highest BCUT2D eigenvalue weighted by molar-refractivity contribution is 6.00. The molecule has 6 aromatic rings. The van der Waals surface area contributed by atoms with Gasteiger partial charge in [0, 0.05) is 40.7 Å². The lowest BCUT2D eigenvalue weighted by atomic mass is 9.87. The van der Waals surface area contributed by atoms with E-state index in [0.717, 1.165) is 68.4 Å². The summed E-state index contributed by atoms with van der Waals surface area (Å²) in [6, 6.07) is 14.2. The summed E-state index contributed by atoms with van der Waals surface area (Å²) in [6.45, 7) is 0. The molecule has 7 rings (SSSR count). The Bertz CT molecular complexity index is 1780. The number of hydrogen-bond acceptors (Lipinski definition) is 5. The van der Waals surface area contributed by atoms with Gasteiger partial charge in [-0.05, 0) is 66.3 Å². The average Bonchev–Trinajstić information content (AvgIpc) is 3.73. The highest BCUT2D eigenvalue weighted by Crippen LogP contribution is 2.35. The summed E-state index contributed by atoms with van der Waals surface area (Å²) >= 11 is 0. The van der Waals surface area contributed by atoms with Gasteiger partial charge in [-0.1, -0.05) is 25.3 Å². The summed E-state index contributed by atoms with van der Waals surface area (Å²) < 4.78 is 5.30. The van der Waals surface area contributed by atoms with Crippen LogP contribution >= 0.6 is 0 Å². The zero-order valence-electron chi connectivity index (χ0n) is 21.4. The van der Waals surface area contributed by atoms with E-state index in [2.05, 4.69) is 42.6 Å². The molecule has 1 saturated carbocycles. The number of nitrogens with zero attached hydrogens (tertiary/aromatic N) is 3.